The van der Waals surface area contributed by atoms with Crippen LogP contribution in [0.2, 0.25) is 15.1 Å². The molecule has 2 aromatic carbocycles. The van der Waals surface area contributed by atoms with Crippen LogP contribution in [0.5, 0.6) is 0 Å². The molecule has 27 heavy (non-hydrogen) atoms. The highest BCUT2D eigenvalue weighted by atomic mass is 35.5. The predicted molar refractivity (Wildman–Crippen MR) is 112 cm³/mol. The fraction of sp³-hybridized carbons (Fsp3) is 0.316. The molecule has 0 aliphatic carbocycles. The van der Waals surface area contributed by atoms with E-state index in [1.807, 2.05) is 24.3 Å². The van der Waals surface area contributed by atoms with Crippen LogP contribution in [0.15, 0.2) is 41.4 Å². The number of nitrogens with zero attached hydrogens (tertiary/aromatic N) is 2. The molecule has 0 atom stereocenters. The molecule has 2 aliphatic rings. The van der Waals surface area contributed by atoms with E-state index in [-0.39, 0.29) is 0 Å². The van der Waals surface area contributed by atoms with Gasteiger partial charge in [0.05, 0.1) is 33.5 Å². The zero-order chi connectivity index (χ0) is 19.0. The van der Waals surface area contributed by atoms with Crippen LogP contribution in [-0.4, -0.2) is 29.7 Å². The van der Waals surface area contributed by atoms with Gasteiger partial charge in [-0.15, -0.1) is 0 Å². The van der Waals surface area contributed by atoms with Gasteiger partial charge < -0.3 is 10.6 Å². The SMILES string of the molecule is ON1C(=NCc2cccc(Cl)c2)C2(CCNCC2)Nc2cc(Cl)c(Cl)cc21. The molecule has 8 heteroatoms. The first-order chi connectivity index (χ1) is 13.0. The molecule has 0 saturated carbocycles. The molecule has 0 bridgehead atoms. The average molecular weight is 426 g/mol. The summed E-state index contributed by atoms with van der Waals surface area (Å²) < 4.78 is 0. The predicted octanol–water partition coefficient (Wildman–Crippen LogP) is 4.99. The lowest BCUT2D eigenvalue weighted by molar-refractivity contribution is 0.288. The third-order valence-electron chi connectivity index (χ3n) is 5.03. The number of amidine groups is 1. The lowest BCUT2D eigenvalue weighted by Crippen LogP contribution is -2.60. The molecule has 1 spiro atoms. The summed E-state index contributed by atoms with van der Waals surface area (Å²) in [5.74, 6) is 0.579. The van der Waals surface area contributed by atoms with E-state index < -0.39 is 5.54 Å². The van der Waals surface area contributed by atoms with E-state index in [4.69, 9.17) is 39.8 Å². The van der Waals surface area contributed by atoms with Crippen LogP contribution in [0.25, 0.3) is 0 Å². The van der Waals surface area contributed by atoms with Crippen molar-refractivity contribution in [3.63, 3.8) is 0 Å². The molecule has 1 saturated heterocycles. The molecule has 0 amide bonds. The Balaban J connectivity index is 1.76. The summed E-state index contributed by atoms with van der Waals surface area (Å²) in [5, 5.41) is 20.6. The molecule has 4 rings (SSSR count). The quantitative estimate of drug-likeness (QED) is 0.634. The Morgan fingerprint density at radius 2 is 1.81 bits per heavy atom. The average Bonchev–Trinajstić information content (AvgIpc) is 2.64. The van der Waals surface area contributed by atoms with Gasteiger partial charge in [0.2, 0.25) is 0 Å². The van der Waals surface area contributed by atoms with Gasteiger partial charge in [-0.3, -0.25) is 10.2 Å². The van der Waals surface area contributed by atoms with E-state index in [1.165, 1.54) is 0 Å². The summed E-state index contributed by atoms with van der Waals surface area (Å²) in [5.41, 5.74) is 1.80. The lowest BCUT2D eigenvalue weighted by Gasteiger charge is -2.46. The normalized spacial score (nSPS) is 19.9. The maximum atomic E-state index is 11.0. The second-order valence-electron chi connectivity index (χ2n) is 6.82. The largest absolute Gasteiger partial charge is 0.371 e. The molecular formula is C19H19Cl3N4O. The standard InChI is InChI=1S/C19H19Cl3N4O/c20-13-3-1-2-12(8-13)11-24-18-19(4-6-23-7-5-19)25-16-9-14(21)15(22)10-17(16)26(18)27/h1-3,8-10,23,25,27H,4-7,11H2. The van der Waals surface area contributed by atoms with Crippen molar-refractivity contribution in [1.29, 1.82) is 0 Å². The van der Waals surface area contributed by atoms with Gasteiger partial charge in [-0.1, -0.05) is 46.9 Å². The lowest BCUT2D eigenvalue weighted by atomic mass is 9.84. The number of anilines is 2. The first-order valence-corrected chi connectivity index (χ1v) is 9.88. The van der Waals surface area contributed by atoms with E-state index in [1.54, 1.807) is 12.1 Å². The van der Waals surface area contributed by atoms with E-state index in [2.05, 4.69) is 10.6 Å². The monoisotopic (exact) mass is 424 g/mol. The molecule has 5 nitrogen and oxygen atoms in total. The number of hydrogen-bond donors (Lipinski definition) is 3. The number of hydrogen-bond acceptors (Lipinski definition) is 4. The Hall–Kier alpha value is -1.50. The van der Waals surface area contributed by atoms with Crippen LogP contribution in [-0.2, 0) is 6.54 Å². The highest BCUT2D eigenvalue weighted by Crippen LogP contribution is 2.42. The number of fused-ring (bicyclic) bond motifs is 1. The number of piperidine rings is 1. The number of benzene rings is 2. The molecule has 0 unspecified atom stereocenters. The van der Waals surface area contributed by atoms with Gasteiger partial charge in [0.25, 0.3) is 0 Å². The van der Waals surface area contributed by atoms with E-state index in [0.29, 0.717) is 33.1 Å². The number of rotatable bonds is 2. The first kappa shape index (κ1) is 18.8. The molecule has 2 aliphatic heterocycles. The van der Waals surface area contributed by atoms with Crippen molar-refractivity contribution in [3.05, 3.63) is 57.0 Å². The Morgan fingerprint density at radius 1 is 1.07 bits per heavy atom. The second kappa shape index (κ2) is 7.49. The fourth-order valence-electron chi connectivity index (χ4n) is 3.66. The Kier molecular flexibility index (Phi) is 5.23. The maximum absolute atomic E-state index is 11.0. The van der Waals surface area contributed by atoms with E-state index >= 15 is 0 Å². The minimum absolute atomic E-state index is 0.381. The molecule has 2 heterocycles. The number of hydroxylamine groups is 1. The van der Waals surface area contributed by atoms with E-state index in [9.17, 15) is 5.21 Å². The van der Waals surface area contributed by atoms with Crippen LogP contribution in [0.1, 0.15) is 18.4 Å². The summed E-state index contributed by atoms with van der Waals surface area (Å²) in [6, 6.07) is 11.0. The van der Waals surface area contributed by atoms with Gasteiger partial charge >= 0.3 is 0 Å². The van der Waals surface area contributed by atoms with Gasteiger partial charge in [0.1, 0.15) is 0 Å². The van der Waals surface area contributed by atoms with Crippen molar-refractivity contribution in [1.82, 2.24) is 5.32 Å². The highest BCUT2D eigenvalue weighted by molar-refractivity contribution is 6.42. The first-order valence-electron chi connectivity index (χ1n) is 8.75. The molecular weight excluding hydrogens is 407 g/mol. The third-order valence-corrected chi connectivity index (χ3v) is 5.98. The summed E-state index contributed by atoms with van der Waals surface area (Å²) in [4.78, 5) is 4.77. The molecule has 2 aromatic rings. The molecule has 3 N–H and O–H groups in total. The van der Waals surface area contributed by atoms with E-state index in [0.717, 1.165) is 42.2 Å². The van der Waals surface area contributed by atoms with Crippen molar-refractivity contribution in [2.24, 2.45) is 4.99 Å². The Morgan fingerprint density at radius 3 is 2.56 bits per heavy atom. The number of aliphatic imine (C=N–C) groups is 1. The minimum atomic E-state index is -0.470. The topological polar surface area (TPSA) is 59.9 Å². The van der Waals surface area contributed by atoms with Gasteiger partial charge in [-0.05, 0) is 55.8 Å². The Bertz CT molecular complexity index is 897. The summed E-state index contributed by atoms with van der Waals surface area (Å²) >= 11 is 18.4. The second-order valence-corrected chi connectivity index (χ2v) is 8.07. The molecule has 0 aromatic heterocycles. The smallest absolute Gasteiger partial charge is 0.155 e. The van der Waals surface area contributed by atoms with Gasteiger partial charge in [0.15, 0.2) is 5.84 Å². The zero-order valence-electron chi connectivity index (χ0n) is 14.5. The van der Waals surface area contributed by atoms with Crippen LogP contribution in [0, 0.1) is 0 Å². The van der Waals surface area contributed by atoms with Crippen molar-refractivity contribution < 1.29 is 5.21 Å². The highest BCUT2D eigenvalue weighted by Gasteiger charge is 2.44. The molecule has 0 radical (unpaired) electrons. The van der Waals surface area contributed by atoms with Crippen molar-refractivity contribution in [3.8, 4) is 0 Å². The summed E-state index contributed by atoms with van der Waals surface area (Å²) in [6.45, 7) is 2.07. The summed E-state index contributed by atoms with van der Waals surface area (Å²) in [7, 11) is 0. The number of nitrogens with one attached hydrogen (secondary N) is 2. The van der Waals surface area contributed by atoms with Crippen molar-refractivity contribution >= 4 is 52.0 Å². The van der Waals surface area contributed by atoms with Crippen molar-refractivity contribution in [2.45, 2.75) is 24.9 Å². The van der Waals surface area contributed by atoms with Crippen LogP contribution in [0.4, 0.5) is 11.4 Å². The Labute approximate surface area is 172 Å². The summed E-state index contributed by atoms with van der Waals surface area (Å²) in [6.07, 6.45) is 1.58. The maximum Gasteiger partial charge on any atom is 0.155 e. The fourth-order valence-corrected chi connectivity index (χ4v) is 4.20. The molecule has 1 fully saturated rings. The molecule has 142 valence electrons. The number of halogens is 3. The van der Waals surface area contributed by atoms with Gasteiger partial charge in [-0.2, -0.15) is 0 Å². The van der Waals surface area contributed by atoms with Crippen LogP contribution >= 0.6 is 34.8 Å². The zero-order valence-corrected chi connectivity index (χ0v) is 16.7. The van der Waals surface area contributed by atoms with Crippen LogP contribution in [0.3, 0.4) is 0 Å². The minimum Gasteiger partial charge on any atom is -0.371 e. The van der Waals surface area contributed by atoms with Gasteiger partial charge in [0, 0.05) is 5.02 Å². The van der Waals surface area contributed by atoms with Crippen molar-refractivity contribution in [2.75, 3.05) is 23.5 Å². The third kappa shape index (κ3) is 3.62. The van der Waals surface area contributed by atoms with Crippen LogP contribution < -0.4 is 15.7 Å². The van der Waals surface area contributed by atoms with Gasteiger partial charge in [-0.25, -0.2) is 5.06 Å².